The number of rotatable bonds is 3. The van der Waals surface area contributed by atoms with E-state index in [0.717, 1.165) is 19.8 Å². The summed E-state index contributed by atoms with van der Waals surface area (Å²) in [4.78, 5) is 9.00. The third-order valence-electron chi connectivity index (χ3n) is 0.742. The lowest BCUT2D eigenvalue weighted by atomic mass is 10.3. The molecule has 0 bridgehead atoms. The first kappa shape index (κ1) is 13.0. The smallest absolute Gasteiger partial charge is 0.300 e. The lowest BCUT2D eigenvalue weighted by molar-refractivity contribution is -0.134. The molecule has 0 rings (SSSR count). The van der Waals surface area contributed by atoms with E-state index < -0.39 is 5.97 Å². The van der Waals surface area contributed by atoms with Crippen LogP contribution in [0.1, 0.15) is 19.8 Å². The Labute approximate surface area is 66.5 Å². The summed E-state index contributed by atoms with van der Waals surface area (Å²) < 4.78 is 0. The Balaban J connectivity index is 0. The van der Waals surface area contributed by atoms with Crippen molar-refractivity contribution in [3.8, 4) is 0 Å². The molecule has 0 amide bonds. The molecule has 0 aromatic carbocycles. The van der Waals surface area contributed by atoms with Gasteiger partial charge < -0.3 is 22.3 Å². The summed E-state index contributed by atoms with van der Waals surface area (Å²) >= 11 is 0. The molecule has 0 aromatic heterocycles. The van der Waals surface area contributed by atoms with E-state index in [9.17, 15) is 0 Å². The highest BCUT2D eigenvalue weighted by Crippen LogP contribution is 1.83. The summed E-state index contributed by atoms with van der Waals surface area (Å²) in [6.45, 7) is 1.77. The normalized spacial score (nSPS) is 8.82. The minimum absolute atomic E-state index is 0.177. The molecule has 5 nitrogen and oxygen atoms in total. The maximum Gasteiger partial charge on any atom is 0.300 e. The van der Waals surface area contributed by atoms with Gasteiger partial charge in [-0.05, 0) is 19.4 Å². The Morgan fingerprint density at radius 1 is 1.55 bits per heavy atom. The lowest BCUT2D eigenvalue weighted by Crippen LogP contribution is -2.30. The minimum atomic E-state index is -0.833. The number of carboxylic acid groups (broad SMARTS) is 1. The summed E-state index contributed by atoms with van der Waals surface area (Å²) in [5, 5.41) is 7.42. The van der Waals surface area contributed by atoms with Crippen molar-refractivity contribution in [2.24, 2.45) is 17.2 Å². The molecule has 5 heteroatoms. The third kappa shape index (κ3) is 45.0. The predicted octanol–water partition coefficient (Wildman–Crippen LogP) is -0.940. The summed E-state index contributed by atoms with van der Waals surface area (Å²) in [6, 6.07) is 0. The highest BCUT2D eigenvalue weighted by atomic mass is 16.4. The van der Waals surface area contributed by atoms with Crippen molar-refractivity contribution >= 4 is 5.97 Å². The molecule has 0 aliphatic rings. The average Bonchev–Trinajstić information content (AvgIpc) is 1.82. The van der Waals surface area contributed by atoms with E-state index in [1.165, 1.54) is 0 Å². The molecule has 11 heavy (non-hydrogen) atoms. The van der Waals surface area contributed by atoms with Gasteiger partial charge in [-0.25, -0.2) is 0 Å². The standard InChI is InChI=1S/C4H13N3.C2H4O2/c5-3-1-2-4(6)7;1-2(3)4/h4H,1-3,5-7H2;1H3,(H,3,4). The monoisotopic (exact) mass is 163 g/mol. The number of hydrogen-bond acceptors (Lipinski definition) is 4. The predicted molar refractivity (Wildman–Crippen MR) is 43.8 cm³/mol. The van der Waals surface area contributed by atoms with Crippen molar-refractivity contribution < 1.29 is 9.90 Å². The van der Waals surface area contributed by atoms with Crippen LogP contribution in [0.3, 0.4) is 0 Å². The van der Waals surface area contributed by atoms with E-state index in [1.807, 2.05) is 0 Å². The van der Waals surface area contributed by atoms with Crippen LogP contribution in [0.15, 0.2) is 0 Å². The van der Waals surface area contributed by atoms with Crippen LogP contribution < -0.4 is 17.2 Å². The van der Waals surface area contributed by atoms with Crippen LogP contribution in [0, 0.1) is 0 Å². The molecule has 0 aliphatic heterocycles. The first-order valence-corrected chi connectivity index (χ1v) is 3.41. The summed E-state index contributed by atoms with van der Waals surface area (Å²) in [6.07, 6.45) is 1.58. The van der Waals surface area contributed by atoms with Crippen molar-refractivity contribution in [2.75, 3.05) is 6.54 Å². The van der Waals surface area contributed by atoms with Gasteiger partial charge in [0.05, 0.1) is 6.17 Å². The molecule has 0 saturated carbocycles. The SMILES string of the molecule is CC(=O)O.NCCCC(N)N. The Bertz CT molecular complexity index is 91.8. The van der Waals surface area contributed by atoms with Crippen molar-refractivity contribution in [1.29, 1.82) is 0 Å². The molecular formula is C6H17N3O2. The van der Waals surface area contributed by atoms with Gasteiger partial charge in [0.15, 0.2) is 0 Å². The molecule has 0 radical (unpaired) electrons. The quantitative estimate of drug-likeness (QED) is 0.401. The van der Waals surface area contributed by atoms with Crippen LogP contribution in [-0.2, 0) is 4.79 Å². The molecule has 7 N–H and O–H groups in total. The van der Waals surface area contributed by atoms with Crippen molar-refractivity contribution in [1.82, 2.24) is 0 Å². The molecular weight excluding hydrogens is 146 g/mol. The van der Waals surface area contributed by atoms with Gasteiger partial charge in [0.2, 0.25) is 0 Å². The van der Waals surface area contributed by atoms with Gasteiger partial charge in [-0.2, -0.15) is 0 Å². The van der Waals surface area contributed by atoms with Gasteiger partial charge in [-0.3, -0.25) is 4.79 Å². The molecule has 0 fully saturated rings. The van der Waals surface area contributed by atoms with Crippen LogP contribution >= 0.6 is 0 Å². The zero-order valence-electron chi connectivity index (χ0n) is 6.79. The van der Waals surface area contributed by atoms with E-state index in [4.69, 9.17) is 27.1 Å². The second-order valence-electron chi connectivity index (χ2n) is 2.11. The van der Waals surface area contributed by atoms with Crippen LogP contribution in [0.4, 0.5) is 0 Å². The fourth-order valence-electron chi connectivity index (χ4n) is 0.354. The number of carbonyl (C=O) groups is 1. The Kier molecular flexibility index (Phi) is 11.0. The minimum Gasteiger partial charge on any atom is -0.481 e. The largest absolute Gasteiger partial charge is 0.481 e. The first-order chi connectivity index (χ1) is 5.00. The molecule has 0 saturated heterocycles. The van der Waals surface area contributed by atoms with Crippen LogP contribution in [0.2, 0.25) is 0 Å². The number of hydrogen-bond donors (Lipinski definition) is 4. The maximum absolute atomic E-state index is 9.00. The third-order valence-corrected chi connectivity index (χ3v) is 0.742. The molecule has 0 aliphatic carbocycles. The molecule has 0 heterocycles. The topological polar surface area (TPSA) is 115 Å². The van der Waals surface area contributed by atoms with Gasteiger partial charge in [-0.15, -0.1) is 0 Å². The number of nitrogens with two attached hydrogens (primary N) is 3. The highest BCUT2D eigenvalue weighted by Gasteiger charge is 1.88. The highest BCUT2D eigenvalue weighted by molar-refractivity contribution is 5.62. The van der Waals surface area contributed by atoms with Gasteiger partial charge in [0.1, 0.15) is 0 Å². The Morgan fingerprint density at radius 2 is 1.91 bits per heavy atom. The van der Waals surface area contributed by atoms with Crippen LogP contribution in [0.25, 0.3) is 0 Å². The van der Waals surface area contributed by atoms with E-state index >= 15 is 0 Å². The fraction of sp³-hybridized carbons (Fsp3) is 0.833. The number of carboxylic acids is 1. The van der Waals surface area contributed by atoms with E-state index in [2.05, 4.69) is 0 Å². The van der Waals surface area contributed by atoms with Gasteiger partial charge in [0, 0.05) is 6.92 Å². The van der Waals surface area contributed by atoms with Crippen molar-refractivity contribution in [3.63, 3.8) is 0 Å². The molecule has 0 aromatic rings. The molecule has 0 spiro atoms. The molecule has 0 atom stereocenters. The first-order valence-electron chi connectivity index (χ1n) is 3.41. The number of aliphatic carboxylic acids is 1. The molecule has 0 unspecified atom stereocenters. The lowest BCUT2D eigenvalue weighted by Gasteiger charge is -2.00. The fourth-order valence-corrected chi connectivity index (χ4v) is 0.354. The van der Waals surface area contributed by atoms with Gasteiger partial charge in [-0.1, -0.05) is 0 Å². The second-order valence-corrected chi connectivity index (χ2v) is 2.11. The zero-order valence-corrected chi connectivity index (χ0v) is 6.79. The summed E-state index contributed by atoms with van der Waals surface area (Å²) in [5.74, 6) is -0.833. The Hall–Kier alpha value is -0.650. The van der Waals surface area contributed by atoms with Gasteiger partial charge in [0.25, 0.3) is 5.97 Å². The second kappa shape index (κ2) is 9.35. The van der Waals surface area contributed by atoms with Crippen LogP contribution in [-0.4, -0.2) is 23.8 Å². The van der Waals surface area contributed by atoms with E-state index in [-0.39, 0.29) is 6.17 Å². The Morgan fingerprint density at radius 3 is 2.00 bits per heavy atom. The maximum atomic E-state index is 9.00. The van der Waals surface area contributed by atoms with Crippen molar-refractivity contribution in [3.05, 3.63) is 0 Å². The van der Waals surface area contributed by atoms with Crippen LogP contribution in [0.5, 0.6) is 0 Å². The molecule has 68 valence electrons. The zero-order chi connectivity index (χ0) is 9.28. The van der Waals surface area contributed by atoms with Gasteiger partial charge >= 0.3 is 0 Å². The van der Waals surface area contributed by atoms with E-state index in [1.54, 1.807) is 0 Å². The average molecular weight is 163 g/mol. The summed E-state index contributed by atoms with van der Waals surface area (Å²) in [7, 11) is 0. The van der Waals surface area contributed by atoms with Crippen molar-refractivity contribution in [2.45, 2.75) is 25.9 Å². The van der Waals surface area contributed by atoms with E-state index in [0.29, 0.717) is 6.54 Å². The summed E-state index contributed by atoms with van der Waals surface area (Å²) in [5.41, 5.74) is 15.6.